The van der Waals surface area contributed by atoms with Gasteiger partial charge in [0.15, 0.2) is 0 Å². The van der Waals surface area contributed by atoms with E-state index in [2.05, 4.69) is 110 Å². The molecule has 0 unspecified atom stereocenters. The molecule has 0 aliphatic carbocycles. The van der Waals surface area contributed by atoms with Crippen molar-refractivity contribution in [3.63, 3.8) is 0 Å². The first kappa shape index (κ1) is 24.3. The van der Waals surface area contributed by atoms with Crippen molar-refractivity contribution in [2.75, 3.05) is 0 Å². The average molecular weight is 475 g/mol. The van der Waals surface area contributed by atoms with Crippen LogP contribution in [-0.2, 0) is 25.8 Å². The zero-order valence-electron chi connectivity index (χ0n) is 21.8. The van der Waals surface area contributed by atoms with E-state index in [9.17, 15) is 0 Å². The van der Waals surface area contributed by atoms with E-state index in [0.29, 0.717) is 0 Å². The van der Waals surface area contributed by atoms with E-state index < -0.39 is 0 Å². The quantitative estimate of drug-likeness (QED) is 0.187. The molecule has 2 heteroatoms. The Morgan fingerprint density at radius 2 is 1.44 bits per heavy atom. The van der Waals surface area contributed by atoms with Crippen LogP contribution in [0, 0.1) is 5.92 Å². The first-order valence-corrected chi connectivity index (χ1v) is 13.7. The van der Waals surface area contributed by atoms with E-state index in [-0.39, 0.29) is 0 Å². The van der Waals surface area contributed by atoms with E-state index >= 15 is 0 Å². The van der Waals surface area contributed by atoms with E-state index in [0.717, 1.165) is 25.3 Å². The van der Waals surface area contributed by atoms with Crippen molar-refractivity contribution in [3.8, 4) is 0 Å². The van der Waals surface area contributed by atoms with Gasteiger partial charge in [-0.05, 0) is 64.8 Å². The number of hydrogen-bond donors (Lipinski definition) is 0. The van der Waals surface area contributed by atoms with Gasteiger partial charge >= 0.3 is 0 Å². The van der Waals surface area contributed by atoms with Gasteiger partial charge in [0, 0.05) is 5.39 Å². The Balaban J connectivity index is 1.48. The Bertz CT molecular complexity index is 1400. The predicted molar refractivity (Wildman–Crippen MR) is 154 cm³/mol. The fourth-order valence-corrected chi connectivity index (χ4v) is 5.74. The lowest BCUT2D eigenvalue weighted by Crippen LogP contribution is -2.04. The summed E-state index contributed by atoms with van der Waals surface area (Å²) in [6, 6.07) is 33.2. The molecule has 0 N–H and O–H groups in total. The van der Waals surface area contributed by atoms with Gasteiger partial charge in [-0.15, -0.1) is 0 Å². The number of aryl methyl sites for hydroxylation is 2. The monoisotopic (exact) mass is 474 g/mol. The van der Waals surface area contributed by atoms with Gasteiger partial charge in [0.1, 0.15) is 0 Å². The van der Waals surface area contributed by atoms with Crippen LogP contribution in [0.1, 0.15) is 61.9 Å². The van der Waals surface area contributed by atoms with E-state index in [1.54, 1.807) is 0 Å². The minimum absolute atomic E-state index is 0.774. The molecule has 36 heavy (non-hydrogen) atoms. The molecule has 0 aliphatic heterocycles. The summed E-state index contributed by atoms with van der Waals surface area (Å²) in [4.78, 5) is 0. The highest BCUT2D eigenvalue weighted by Gasteiger charge is 2.15. The molecule has 184 valence electrons. The second-order valence-electron chi connectivity index (χ2n) is 10.2. The van der Waals surface area contributed by atoms with Gasteiger partial charge in [0.25, 0.3) is 0 Å². The van der Waals surface area contributed by atoms with Gasteiger partial charge in [-0.3, -0.25) is 4.68 Å². The van der Waals surface area contributed by atoms with Crippen molar-refractivity contribution in [2.24, 2.45) is 5.92 Å². The SMILES string of the molecule is CCCC(CCC)Cc1ccc2c(c1)c(CCc1cccc3ccccc13)nn2Cc1ccccc1. The summed E-state index contributed by atoms with van der Waals surface area (Å²) >= 11 is 0. The summed E-state index contributed by atoms with van der Waals surface area (Å²) in [6.07, 6.45) is 8.27. The van der Waals surface area contributed by atoms with Crippen molar-refractivity contribution < 1.29 is 0 Å². The summed E-state index contributed by atoms with van der Waals surface area (Å²) in [6.45, 7) is 5.43. The van der Waals surface area contributed by atoms with Crippen molar-refractivity contribution in [2.45, 2.75) is 65.3 Å². The predicted octanol–water partition coefficient (Wildman–Crippen LogP) is 8.78. The molecular formula is C34H38N2. The first-order chi connectivity index (χ1) is 17.7. The molecule has 0 bridgehead atoms. The number of aromatic nitrogens is 2. The molecule has 0 radical (unpaired) electrons. The zero-order valence-corrected chi connectivity index (χ0v) is 21.8. The molecule has 0 fully saturated rings. The molecule has 0 saturated heterocycles. The number of benzene rings is 4. The summed E-state index contributed by atoms with van der Waals surface area (Å²) < 4.78 is 2.21. The van der Waals surface area contributed by atoms with Gasteiger partial charge in [0.05, 0.1) is 17.8 Å². The molecule has 1 heterocycles. The zero-order chi connectivity index (χ0) is 24.7. The molecule has 5 rings (SSSR count). The maximum Gasteiger partial charge on any atom is 0.0706 e. The number of fused-ring (bicyclic) bond motifs is 2. The summed E-state index contributed by atoms with van der Waals surface area (Å²) in [5, 5.41) is 9.19. The van der Waals surface area contributed by atoms with Crippen molar-refractivity contribution >= 4 is 21.7 Å². The minimum atomic E-state index is 0.774. The van der Waals surface area contributed by atoms with Crippen LogP contribution in [-0.4, -0.2) is 9.78 Å². The average Bonchev–Trinajstić information content (AvgIpc) is 3.24. The fraction of sp³-hybridized carbons (Fsp3) is 0.324. The molecule has 2 nitrogen and oxygen atoms in total. The van der Waals surface area contributed by atoms with E-state index in [1.165, 1.54) is 76.2 Å². The topological polar surface area (TPSA) is 17.8 Å². The van der Waals surface area contributed by atoms with Gasteiger partial charge in [-0.2, -0.15) is 5.10 Å². The van der Waals surface area contributed by atoms with E-state index in [4.69, 9.17) is 5.10 Å². The normalized spacial score (nSPS) is 11.6. The van der Waals surface area contributed by atoms with Crippen LogP contribution in [0.25, 0.3) is 21.7 Å². The van der Waals surface area contributed by atoms with Gasteiger partial charge in [-0.25, -0.2) is 0 Å². The molecule has 1 aromatic heterocycles. The number of rotatable bonds is 11. The first-order valence-electron chi connectivity index (χ1n) is 13.7. The third-order valence-electron chi connectivity index (χ3n) is 7.50. The van der Waals surface area contributed by atoms with Gasteiger partial charge in [-0.1, -0.05) is 118 Å². The Hall–Kier alpha value is -3.39. The standard InChI is InChI=1S/C34H38N2/c1-3-11-26(12-4-2)23-28-19-22-34-32(24-28)33(35-36(34)25-27-13-6-5-7-14-27)21-20-30-17-10-16-29-15-8-9-18-31(29)30/h5-10,13-19,22,24,26H,3-4,11-12,20-21,23,25H2,1-2H3. The van der Waals surface area contributed by atoms with Crippen LogP contribution in [0.4, 0.5) is 0 Å². The van der Waals surface area contributed by atoms with Gasteiger partial charge in [0.2, 0.25) is 0 Å². The molecule has 0 amide bonds. The van der Waals surface area contributed by atoms with E-state index in [1.807, 2.05) is 0 Å². The van der Waals surface area contributed by atoms with Crippen molar-refractivity contribution in [3.05, 3.63) is 113 Å². The Morgan fingerprint density at radius 3 is 2.25 bits per heavy atom. The van der Waals surface area contributed by atoms with Gasteiger partial charge < -0.3 is 0 Å². The smallest absolute Gasteiger partial charge is 0.0706 e. The largest absolute Gasteiger partial charge is 0.260 e. The number of hydrogen-bond acceptors (Lipinski definition) is 1. The Labute approximate surface area is 216 Å². The maximum atomic E-state index is 5.19. The van der Waals surface area contributed by atoms with Crippen molar-refractivity contribution in [1.82, 2.24) is 9.78 Å². The third-order valence-corrected chi connectivity index (χ3v) is 7.50. The molecule has 4 aromatic carbocycles. The highest BCUT2D eigenvalue weighted by Crippen LogP contribution is 2.27. The lowest BCUT2D eigenvalue weighted by Gasteiger charge is -2.15. The van der Waals surface area contributed by atoms with Crippen LogP contribution < -0.4 is 0 Å². The third kappa shape index (κ3) is 5.54. The molecule has 0 spiro atoms. The summed E-state index contributed by atoms with van der Waals surface area (Å²) in [5.41, 5.74) is 6.62. The second kappa shape index (κ2) is 11.6. The highest BCUT2D eigenvalue weighted by molar-refractivity contribution is 5.86. The summed E-state index contributed by atoms with van der Waals surface area (Å²) in [7, 11) is 0. The fourth-order valence-electron chi connectivity index (χ4n) is 5.74. The lowest BCUT2D eigenvalue weighted by molar-refractivity contribution is 0.438. The summed E-state index contributed by atoms with van der Waals surface area (Å²) in [5.74, 6) is 0.774. The lowest BCUT2D eigenvalue weighted by atomic mass is 9.90. The van der Waals surface area contributed by atoms with Crippen molar-refractivity contribution in [1.29, 1.82) is 0 Å². The molecule has 0 atom stereocenters. The Kier molecular flexibility index (Phi) is 7.81. The number of nitrogens with zero attached hydrogens (tertiary/aromatic N) is 2. The molecular weight excluding hydrogens is 436 g/mol. The molecule has 5 aromatic rings. The van der Waals surface area contributed by atoms with Crippen LogP contribution >= 0.6 is 0 Å². The Morgan fingerprint density at radius 1 is 0.694 bits per heavy atom. The second-order valence-corrected chi connectivity index (χ2v) is 10.2. The highest BCUT2D eigenvalue weighted by atomic mass is 15.3. The maximum absolute atomic E-state index is 5.19. The molecule has 0 saturated carbocycles. The van der Waals surface area contributed by atoms with Crippen LogP contribution in [0.5, 0.6) is 0 Å². The van der Waals surface area contributed by atoms with Crippen LogP contribution in [0.2, 0.25) is 0 Å². The minimum Gasteiger partial charge on any atom is -0.260 e. The van der Waals surface area contributed by atoms with Crippen LogP contribution in [0.15, 0.2) is 91.0 Å². The van der Waals surface area contributed by atoms with Crippen LogP contribution in [0.3, 0.4) is 0 Å². The molecule has 0 aliphatic rings.